The van der Waals surface area contributed by atoms with E-state index in [0.717, 1.165) is 5.57 Å². The van der Waals surface area contributed by atoms with Crippen molar-refractivity contribution in [1.29, 1.82) is 0 Å². The van der Waals surface area contributed by atoms with Crippen LogP contribution in [0.4, 0.5) is 5.82 Å². The lowest BCUT2D eigenvalue weighted by Crippen LogP contribution is -2.24. The molecule has 0 bridgehead atoms. The van der Waals surface area contributed by atoms with Gasteiger partial charge in [-0.15, -0.1) is 11.8 Å². The number of aliphatic hydroxyl groups excluding tert-OH is 2. The molecule has 0 spiro atoms. The molecule has 2 rings (SSSR count). The van der Waals surface area contributed by atoms with Crippen LogP contribution in [0.15, 0.2) is 28.7 Å². The molecular weight excluding hydrogens is 242 g/mol. The van der Waals surface area contributed by atoms with Gasteiger partial charge in [-0.3, -0.25) is 4.57 Å². The third-order valence-electron chi connectivity index (χ3n) is 2.55. The fourth-order valence-electron chi connectivity index (χ4n) is 1.67. The van der Waals surface area contributed by atoms with Crippen LogP contribution in [-0.2, 0) is 0 Å². The SMILES string of the molecule is Nc1ccn([C@H]2C=C(CO)[C@@H](CO)S2)c(=O)n1. The number of hydrogen-bond donors (Lipinski definition) is 3. The summed E-state index contributed by atoms with van der Waals surface area (Å²) in [6, 6.07) is 1.54. The van der Waals surface area contributed by atoms with Gasteiger partial charge in [0.2, 0.25) is 0 Å². The molecular formula is C10H13N3O3S. The minimum absolute atomic E-state index is 0.0648. The van der Waals surface area contributed by atoms with Crippen LogP contribution in [-0.4, -0.2) is 38.2 Å². The fraction of sp³-hybridized carbons (Fsp3) is 0.400. The Hall–Kier alpha value is -1.31. The van der Waals surface area contributed by atoms with E-state index in [1.54, 1.807) is 18.3 Å². The molecule has 0 amide bonds. The predicted molar refractivity (Wildman–Crippen MR) is 65.6 cm³/mol. The molecule has 92 valence electrons. The Morgan fingerprint density at radius 2 is 2.29 bits per heavy atom. The lowest BCUT2D eigenvalue weighted by molar-refractivity contribution is 0.284. The van der Waals surface area contributed by atoms with Gasteiger partial charge in [-0.1, -0.05) is 0 Å². The fourth-order valence-corrected chi connectivity index (χ4v) is 2.96. The van der Waals surface area contributed by atoms with E-state index in [0.29, 0.717) is 0 Å². The van der Waals surface area contributed by atoms with E-state index in [2.05, 4.69) is 4.98 Å². The number of anilines is 1. The highest BCUT2D eigenvalue weighted by Crippen LogP contribution is 2.38. The van der Waals surface area contributed by atoms with Crippen LogP contribution in [0.2, 0.25) is 0 Å². The van der Waals surface area contributed by atoms with Crippen molar-refractivity contribution >= 4 is 17.6 Å². The molecule has 2 heterocycles. The minimum atomic E-state index is -0.436. The number of aliphatic hydroxyl groups is 2. The first-order valence-electron chi connectivity index (χ1n) is 5.08. The lowest BCUT2D eigenvalue weighted by atomic mass is 10.2. The Kier molecular flexibility index (Phi) is 3.51. The van der Waals surface area contributed by atoms with Crippen LogP contribution in [0.5, 0.6) is 0 Å². The number of nitrogens with zero attached hydrogens (tertiary/aromatic N) is 2. The average molecular weight is 255 g/mol. The summed E-state index contributed by atoms with van der Waals surface area (Å²) in [7, 11) is 0. The van der Waals surface area contributed by atoms with Gasteiger partial charge in [0.25, 0.3) is 0 Å². The Bertz CT molecular complexity index is 500. The first-order valence-corrected chi connectivity index (χ1v) is 6.02. The van der Waals surface area contributed by atoms with Crippen molar-refractivity contribution in [2.24, 2.45) is 0 Å². The van der Waals surface area contributed by atoms with Gasteiger partial charge in [0.05, 0.1) is 18.5 Å². The summed E-state index contributed by atoms with van der Waals surface area (Å²) in [6.45, 7) is -0.184. The molecule has 0 aliphatic carbocycles. The minimum Gasteiger partial charge on any atom is -0.395 e. The van der Waals surface area contributed by atoms with Crippen LogP contribution < -0.4 is 11.4 Å². The molecule has 0 radical (unpaired) electrons. The summed E-state index contributed by atoms with van der Waals surface area (Å²) >= 11 is 1.40. The molecule has 4 N–H and O–H groups in total. The molecule has 17 heavy (non-hydrogen) atoms. The van der Waals surface area contributed by atoms with Crippen LogP contribution >= 0.6 is 11.8 Å². The summed E-state index contributed by atoms with van der Waals surface area (Å²) in [5, 5.41) is 17.9. The maximum atomic E-state index is 11.6. The lowest BCUT2D eigenvalue weighted by Gasteiger charge is -2.13. The molecule has 0 unspecified atom stereocenters. The van der Waals surface area contributed by atoms with E-state index in [1.165, 1.54) is 16.3 Å². The summed E-state index contributed by atoms with van der Waals surface area (Å²) in [6.07, 6.45) is 3.33. The summed E-state index contributed by atoms with van der Waals surface area (Å²) in [5.74, 6) is 0.180. The Morgan fingerprint density at radius 3 is 2.82 bits per heavy atom. The van der Waals surface area contributed by atoms with Crippen molar-refractivity contribution in [3.05, 3.63) is 34.4 Å². The molecule has 1 aliphatic heterocycles. The normalized spacial score (nSPS) is 23.8. The molecule has 0 saturated carbocycles. The zero-order valence-electron chi connectivity index (χ0n) is 8.98. The van der Waals surface area contributed by atoms with Crippen molar-refractivity contribution in [2.45, 2.75) is 10.6 Å². The zero-order chi connectivity index (χ0) is 12.4. The van der Waals surface area contributed by atoms with Crippen molar-refractivity contribution in [3.63, 3.8) is 0 Å². The van der Waals surface area contributed by atoms with Gasteiger partial charge in [-0.25, -0.2) is 4.79 Å². The highest BCUT2D eigenvalue weighted by molar-refractivity contribution is 8.00. The van der Waals surface area contributed by atoms with Crippen molar-refractivity contribution < 1.29 is 10.2 Å². The summed E-state index contributed by atoms with van der Waals surface area (Å²) < 4.78 is 1.42. The first-order chi connectivity index (χ1) is 8.15. The molecule has 6 nitrogen and oxygen atoms in total. The number of aromatic nitrogens is 2. The van der Waals surface area contributed by atoms with Crippen LogP contribution in [0.25, 0.3) is 0 Å². The van der Waals surface area contributed by atoms with Crippen LogP contribution in [0.3, 0.4) is 0 Å². The van der Waals surface area contributed by atoms with Gasteiger partial charge in [-0.2, -0.15) is 4.98 Å². The smallest absolute Gasteiger partial charge is 0.350 e. The molecule has 0 aromatic carbocycles. The highest BCUT2D eigenvalue weighted by atomic mass is 32.2. The number of rotatable bonds is 3. The van der Waals surface area contributed by atoms with E-state index >= 15 is 0 Å². The topological polar surface area (TPSA) is 101 Å². The highest BCUT2D eigenvalue weighted by Gasteiger charge is 2.27. The Balaban J connectivity index is 2.31. The van der Waals surface area contributed by atoms with E-state index in [4.69, 9.17) is 15.9 Å². The van der Waals surface area contributed by atoms with Gasteiger partial charge < -0.3 is 15.9 Å². The maximum Gasteiger partial charge on any atom is 0.350 e. The van der Waals surface area contributed by atoms with E-state index in [1.807, 2.05) is 0 Å². The molecule has 7 heteroatoms. The molecule has 2 atom stereocenters. The molecule has 0 fully saturated rings. The van der Waals surface area contributed by atoms with Gasteiger partial charge in [0, 0.05) is 6.20 Å². The molecule has 1 aromatic rings. The summed E-state index contributed by atoms with van der Waals surface area (Å²) in [4.78, 5) is 15.3. The van der Waals surface area contributed by atoms with Gasteiger partial charge >= 0.3 is 5.69 Å². The zero-order valence-corrected chi connectivity index (χ0v) is 9.80. The molecule has 1 aliphatic rings. The average Bonchev–Trinajstić information content (AvgIpc) is 2.72. The first kappa shape index (κ1) is 12.2. The van der Waals surface area contributed by atoms with Crippen molar-refractivity contribution in [1.82, 2.24) is 9.55 Å². The van der Waals surface area contributed by atoms with Crippen LogP contribution in [0.1, 0.15) is 5.37 Å². The Labute approximate surface area is 102 Å². The number of thioether (sulfide) groups is 1. The number of nitrogens with two attached hydrogens (primary N) is 1. The van der Waals surface area contributed by atoms with Crippen LogP contribution in [0, 0.1) is 0 Å². The van der Waals surface area contributed by atoms with Gasteiger partial charge in [-0.05, 0) is 17.7 Å². The summed E-state index contributed by atoms with van der Waals surface area (Å²) in [5.41, 5.74) is 5.70. The van der Waals surface area contributed by atoms with E-state index in [-0.39, 0.29) is 29.7 Å². The van der Waals surface area contributed by atoms with Gasteiger partial charge in [0.15, 0.2) is 0 Å². The quantitative estimate of drug-likeness (QED) is 0.620. The molecule has 1 aromatic heterocycles. The number of hydrogen-bond acceptors (Lipinski definition) is 6. The standard InChI is InChI=1S/C10H13N3O3S/c11-8-1-2-13(10(16)12-8)9-3-6(4-14)7(5-15)17-9/h1-3,7,9,14-15H,4-5H2,(H2,11,12,16)/t7-,9-/m1/s1. The Morgan fingerprint density at radius 1 is 1.53 bits per heavy atom. The third-order valence-corrected chi connectivity index (χ3v) is 3.97. The van der Waals surface area contributed by atoms with Crippen molar-refractivity contribution in [2.75, 3.05) is 18.9 Å². The second-order valence-corrected chi connectivity index (χ2v) is 4.96. The van der Waals surface area contributed by atoms with Gasteiger partial charge in [0.1, 0.15) is 11.2 Å². The van der Waals surface area contributed by atoms with E-state index in [9.17, 15) is 4.79 Å². The maximum absolute atomic E-state index is 11.6. The number of nitrogen functional groups attached to an aromatic ring is 1. The largest absolute Gasteiger partial charge is 0.395 e. The second kappa shape index (κ2) is 4.91. The van der Waals surface area contributed by atoms with E-state index < -0.39 is 5.69 Å². The monoisotopic (exact) mass is 255 g/mol. The predicted octanol–water partition coefficient (Wildman–Crippen LogP) is -0.650. The van der Waals surface area contributed by atoms with Crippen molar-refractivity contribution in [3.8, 4) is 0 Å². The third kappa shape index (κ3) is 2.36. The second-order valence-electron chi connectivity index (χ2n) is 3.64. The molecule has 0 saturated heterocycles.